The highest BCUT2D eigenvalue weighted by atomic mass is 14.6. The number of benzene rings is 2. The van der Waals surface area contributed by atoms with Gasteiger partial charge in [0.25, 0.3) is 0 Å². The SMILES string of the molecule is C=C(c1ccccc1)[C@@]12CC[C@@H](C#N)C1CC(CCCCCC)=C2c1ccccc1. The molecule has 1 nitrogen and oxygen atoms in total. The minimum absolute atomic E-state index is 0.108. The fourth-order valence-corrected chi connectivity index (χ4v) is 6.06. The zero-order valence-corrected chi connectivity index (χ0v) is 18.2. The fourth-order valence-electron chi connectivity index (χ4n) is 6.06. The molecule has 0 amide bonds. The third kappa shape index (κ3) is 3.54. The second-order valence-corrected chi connectivity index (χ2v) is 9.06. The maximum Gasteiger partial charge on any atom is 0.0659 e. The number of rotatable bonds is 8. The topological polar surface area (TPSA) is 23.8 Å². The molecule has 1 heteroatoms. The molecule has 2 aliphatic rings. The van der Waals surface area contributed by atoms with Crippen molar-refractivity contribution < 1.29 is 0 Å². The average molecular weight is 396 g/mol. The van der Waals surface area contributed by atoms with Gasteiger partial charge in [0, 0.05) is 5.41 Å². The summed E-state index contributed by atoms with van der Waals surface area (Å²) in [6.07, 6.45) is 9.33. The molecule has 1 saturated carbocycles. The van der Waals surface area contributed by atoms with Gasteiger partial charge in [0.1, 0.15) is 0 Å². The van der Waals surface area contributed by atoms with Crippen LogP contribution in [0.5, 0.6) is 0 Å². The van der Waals surface area contributed by atoms with E-state index in [2.05, 4.69) is 80.2 Å². The van der Waals surface area contributed by atoms with Gasteiger partial charge in [0.05, 0.1) is 12.0 Å². The molecule has 3 atom stereocenters. The van der Waals surface area contributed by atoms with Gasteiger partial charge in [-0.1, -0.05) is 99.0 Å². The van der Waals surface area contributed by atoms with E-state index in [1.807, 2.05) is 0 Å². The zero-order valence-electron chi connectivity index (χ0n) is 18.2. The summed E-state index contributed by atoms with van der Waals surface area (Å²) in [5.74, 6) is 0.476. The summed E-state index contributed by atoms with van der Waals surface area (Å²) >= 11 is 0. The molecule has 2 aromatic carbocycles. The number of nitrogens with zero attached hydrogens (tertiary/aromatic N) is 1. The summed E-state index contributed by atoms with van der Waals surface area (Å²) in [4.78, 5) is 0. The Hall–Kier alpha value is -2.59. The highest BCUT2D eigenvalue weighted by Crippen LogP contribution is 2.67. The van der Waals surface area contributed by atoms with Crippen molar-refractivity contribution in [1.29, 1.82) is 5.26 Å². The molecule has 0 spiro atoms. The summed E-state index contributed by atoms with van der Waals surface area (Å²) < 4.78 is 0. The van der Waals surface area contributed by atoms with E-state index in [0.717, 1.165) is 25.7 Å². The van der Waals surface area contributed by atoms with Crippen LogP contribution in [0, 0.1) is 28.6 Å². The molecular weight excluding hydrogens is 362 g/mol. The second kappa shape index (κ2) is 9.05. The van der Waals surface area contributed by atoms with Gasteiger partial charge in [-0.25, -0.2) is 0 Å². The average Bonchev–Trinajstić information content (AvgIpc) is 3.31. The van der Waals surface area contributed by atoms with Crippen LogP contribution in [0.2, 0.25) is 0 Å². The normalized spacial score (nSPS) is 25.2. The molecular formula is C29H33N. The van der Waals surface area contributed by atoms with Crippen molar-refractivity contribution in [2.75, 3.05) is 0 Å². The van der Waals surface area contributed by atoms with Gasteiger partial charge in [-0.3, -0.25) is 0 Å². The van der Waals surface area contributed by atoms with Crippen LogP contribution >= 0.6 is 0 Å². The summed E-state index contributed by atoms with van der Waals surface area (Å²) in [6.45, 7) is 6.95. The number of hydrogen-bond acceptors (Lipinski definition) is 1. The highest BCUT2D eigenvalue weighted by Gasteiger charge is 2.57. The third-order valence-electron chi connectivity index (χ3n) is 7.46. The Balaban J connectivity index is 1.82. The minimum Gasteiger partial charge on any atom is -0.198 e. The lowest BCUT2D eigenvalue weighted by molar-refractivity contribution is 0.366. The Bertz CT molecular complexity index is 947. The van der Waals surface area contributed by atoms with Gasteiger partial charge in [0.2, 0.25) is 0 Å². The Morgan fingerprint density at radius 1 is 1.03 bits per heavy atom. The fraction of sp³-hybridized carbons (Fsp3) is 0.414. The first-order valence-electron chi connectivity index (χ1n) is 11.6. The second-order valence-electron chi connectivity index (χ2n) is 9.06. The van der Waals surface area contributed by atoms with Crippen molar-refractivity contribution in [3.63, 3.8) is 0 Å². The lowest BCUT2D eigenvalue weighted by atomic mass is 9.65. The van der Waals surface area contributed by atoms with Crippen LogP contribution in [0.25, 0.3) is 11.1 Å². The molecule has 0 aromatic heterocycles. The van der Waals surface area contributed by atoms with Gasteiger partial charge in [-0.2, -0.15) is 5.26 Å². The molecule has 0 radical (unpaired) electrons. The Labute approximate surface area is 182 Å². The highest BCUT2D eigenvalue weighted by molar-refractivity contribution is 5.90. The van der Waals surface area contributed by atoms with Crippen LogP contribution in [0.15, 0.2) is 72.8 Å². The number of nitriles is 1. The number of fused-ring (bicyclic) bond motifs is 1. The maximum atomic E-state index is 9.97. The van der Waals surface area contributed by atoms with Crippen LogP contribution in [0.4, 0.5) is 0 Å². The van der Waals surface area contributed by atoms with Crippen molar-refractivity contribution in [3.8, 4) is 6.07 Å². The van der Waals surface area contributed by atoms with Crippen LogP contribution < -0.4 is 0 Å². The molecule has 30 heavy (non-hydrogen) atoms. The van der Waals surface area contributed by atoms with E-state index in [4.69, 9.17) is 0 Å². The lowest BCUT2D eigenvalue weighted by Gasteiger charge is -2.37. The molecule has 0 saturated heterocycles. The molecule has 2 aliphatic carbocycles. The standard InChI is InChI=1S/C29H33N/c1-3-4-5-8-17-25-20-27-26(21-30)18-19-29(27,22(2)23-13-9-6-10-14-23)28(25)24-15-11-7-12-16-24/h6-7,9-16,26-27H,2-5,8,17-20H2,1H3/t26-,27?,29-/m0/s1. The summed E-state index contributed by atoms with van der Waals surface area (Å²) in [5.41, 5.74) is 6.75. The van der Waals surface area contributed by atoms with E-state index in [1.54, 1.807) is 5.57 Å². The van der Waals surface area contributed by atoms with Crippen LogP contribution in [0.3, 0.4) is 0 Å². The number of unbranched alkanes of at least 4 members (excludes halogenated alkanes) is 3. The summed E-state index contributed by atoms with van der Waals surface area (Å²) in [7, 11) is 0. The van der Waals surface area contributed by atoms with Crippen molar-refractivity contribution in [1.82, 2.24) is 0 Å². The Morgan fingerprint density at radius 2 is 1.73 bits per heavy atom. The number of allylic oxidation sites excluding steroid dienone is 3. The van der Waals surface area contributed by atoms with E-state index < -0.39 is 0 Å². The van der Waals surface area contributed by atoms with E-state index in [1.165, 1.54) is 48.0 Å². The first-order valence-corrected chi connectivity index (χ1v) is 11.6. The largest absolute Gasteiger partial charge is 0.198 e. The van der Waals surface area contributed by atoms with E-state index in [0.29, 0.717) is 5.92 Å². The Kier molecular flexibility index (Phi) is 6.24. The van der Waals surface area contributed by atoms with Gasteiger partial charge in [-0.15, -0.1) is 0 Å². The van der Waals surface area contributed by atoms with E-state index in [-0.39, 0.29) is 11.3 Å². The molecule has 154 valence electrons. The Morgan fingerprint density at radius 3 is 2.40 bits per heavy atom. The number of hydrogen-bond donors (Lipinski definition) is 0. The molecule has 0 heterocycles. The smallest absolute Gasteiger partial charge is 0.0659 e. The minimum atomic E-state index is -0.108. The van der Waals surface area contributed by atoms with Crippen LogP contribution in [-0.2, 0) is 0 Å². The van der Waals surface area contributed by atoms with Gasteiger partial charge >= 0.3 is 0 Å². The monoisotopic (exact) mass is 395 g/mol. The zero-order chi connectivity index (χ0) is 21.0. The van der Waals surface area contributed by atoms with E-state index in [9.17, 15) is 5.26 Å². The van der Waals surface area contributed by atoms with Crippen molar-refractivity contribution in [2.24, 2.45) is 17.3 Å². The molecule has 4 rings (SSSR count). The van der Waals surface area contributed by atoms with Gasteiger partial charge in [0.15, 0.2) is 0 Å². The van der Waals surface area contributed by atoms with Crippen LogP contribution in [-0.4, -0.2) is 0 Å². The quantitative estimate of drug-likeness (QED) is 0.415. The third-order valence-corrected chi connectivity index (χ3v) is 7.46. The van der Waals surface area contributed by atoms with Crippen molar-refractivity contribution in [3.05, 3.63) is 83.9 Å². The molecule has 0 aliphatic heterocycles. The predicted octanol–water partition coefficient (Wildman–Crippen LogP) is 8.06. The van der Waals surface area contributed by atoms with Crippen LogP contribution in [0.1, 0.15) is 69.4 Å². The van der Waals surface area contributed by atoms with Gasteiger partial charge < -0.3 is 0 Å². The molecule has 1 fully saturated rings. The van der Waals surface area contributed by atoms with E-state index >= 15 is 0 Å². The molecule has 0 N–H and O–H groups in total. The maximum absolute atomic E-state index is 9.97. The van der Waals surface area contributed by atoms with Gasteiger partial charge in [-0.05, 0) is 60.3 Å². The van der Waals surface area contributed by atoms with Crippen molar-refractivity contribution in [2.45, 2.75) is 58.3 Å². The first-order chi connectivity index (χ1) is 14.7. The molecule has 0 bridgehead atoms. The molecule has 1 unspecified atom stereocenters. The molecule has 2 aromatic rings. The predicted molar refractivity (Wildman–Crippen MR) is 126 cm³/mol. The van der Waals surface area contributed by atoms with Crippen molar-refractivity contribution >= 4 is 11.1 Å². The summed E-state index contributed by atoms with van der Waals surface area (Å²) in [6, 6.07) is 24.3. The summed E-state index contributed by atoms with van der Waals surface area (Å²) in [5, 5.41) is 9.97. The lowest BCUT2D eigenvalue weighted by Crippen LogP contribution is -2.27. The first kappa shape index (κ1) is 20.7.